The van der Waals surface area contributed by atoms with E-state index in [0.29, 0.717) is 11.0 Å². The molecule has 20 heavy (non-hydrogen) atoms. The first-order valence-electron chi connectivity index (χ1n) is 5.57. The summed E-state index contributed by atoms with van der Waals surface area (Å²) in [7, 11) is 0. The van der Waals surface area contributed by atoms with Crippen LogP contribution >= 0.6 is 11.6 Å². The summed E-state index contributed by atoms with van der Waals surface area (Å²) in [6, 6.07) is 7.07. The topological polar surface area (TPSA) is 99.6 Å². The fourth-order valence-corrected chi connectivity index (χ4v) is 2.11. The van der Waals surface area contributed by atoms with Crippen LogP contribution in [0.25, 0.3) is 16.9 Å². The number of para-hydroxylation sites is 1. The number of aryl methyl sites for hydroxylation is 1. The van der Waals surface area contributed by atoms with Crippen molar-refractivity contribution in [1.82, 2.24) is 25.0 Å². The van der Waals surface area contributed by atoms with Gasteiger partial charge in [-0.25, -0.2) is 4.98 Å². The quantitative estimate of drug-likeness (QED) is 0.407. The van der Waals surface area contributed by atoms with Crippen LogP contribution < -0.4 is 0 Å². The minimum Gasteiger partial charge on any atom is -0.258 e. The Balaban J connectivity index is 2.37. The highest BCUT2D eigenvalue weighted by atomic mass is 35.5. The summed E-state index contributed by atoms with van der Waals surface area (Å²) in [4.78, 5) is 18.4. The highest BCUT2D eigenvalue weighted by Crippen LogP contribution is 2.26. The average Bonchev–Trinajstić information content (AvgIpc) is 2.80. The molecule has 0 saturated carbocycles. The van der Waals surface area contributed by atoms with E-state index in [1.54, 1.807) is 24.3 Å². The summed E-state index contributed by atoms with van der Waals surface area (Å²) in [6.45, 7) is 1.49. The van der Waals surface area contributed by atoms with Crippen molar-refractivity contribution in [2.24, 2.45) is 0 Å². The van der Waals surface area contributed by atoms with E-state index in [4.69, 9.17) is 11.6 Å². The monoisotopic (exact) mass is 290 g/mol. The van der Waals surface area contributed by atoms with Gasteiger partial charge in [-0.2, -0.15) is 9.67 Å². The first kappa shape index (κ1) is 12.4. The molecule has 8 nitrogen and oxygen atoms in total. The SMILES string of the molecule is Cc1nc(Cl)nc(-n2nnc3ccccc32)c1[N+](=O)[O-]. The molecular weight excluding hydrogens is 284 g/mol. The molecule has 0 aliphatic heterocycles. The van der Waals surface area contributed by atoms with E-state index in [9.17, 15) is 10.1 Å². The Morgan fingerprint density at radius 1 is 1.30 bits per heavy atom. The van der Waals surface area contributed by atoms with Crippen molar-refractivity contribution in [3.05, 3.63) is 45.4 Å². The lowest BCUT2D eigenvalue weighted by atomic mass is 10.3. The normalized spacial score (nSPS) is 10.9. The smallest absolute Gasteiger partial charge is 0.258 e. The number of rotatable bonds is 2. The van der Waals surface area contributed by atoms with Gasteiger partial charge in [0.2, 0.25) is 11.1 Å². The lowest BCUT2D eigenvalue weighted by Gasteiger charge is -2.04. The zero-order chi connectivity index (χ0) is 14.3. The van der Waals surface area contributed by atoms with Crippen LogP contribution in [-0.2, 0) is 0 Å². The second-order valence-corrected chi connectivity index (χ2v) is 4.34. The van der Waals surface area contributed by atoms with Crippen molar-refractivity contribution >= 4 is 28.3 Å². The average molecular weight is 291 g/mol. The molecule has 0 N–H and O–H groups in total. The Kier molecular flexibility index (Phi) is 2.79. The van der Waals surface area contributed by atoms with Crippen LogP contribution in [0.4, 0.5) is 5.69 Å². The largest absolute Gasteiger partial charge is 0.334 e. The highest BCUT2D eigenvalue weighted by molar-refractivity contribution is 6.28. The Hall–Kier alpha value is -2.61. The molecule has 9 heteroatoms. The third kappa shape index (κ3) is 1.86. The van der Waals surface area contributed by atoms with Crippen molar-refractivity contribution in [3.63, 3.8) is 0 Å². The van der Waals surface area contributed by atoms with Gasteiger partial charge in [0.15, 0.2) is 0 Å². The van der Waals surface area contributed by atoms with Gasteiger partial charge in [-0.15, -0.1) is 5.10 Å². The summed E-state index contributed by atoms with van der Waals surface area (Å²) in [5.41, 5.74) is 1.13. The van der Waals surface area contributed by atoms with Crippen LogP contribution in [0.1, 0.15) is 5.69 Å². The number of benzene rings is 1. The van der Waals surface area contributed by atoms with Crippen molar-refractivity contribution in [1.29, 1.82) is 0 Å². The van der Waals surface area contributed by atoms with Crippen molar-refractivity contribution in [2.45, 2.75) is 6.92 Å². The number of aromatic nitrogens is 5. The maximum absolute atomic E-state index is 11.2. The van der Waals surface area contributed by atoms with Crippen LogP contribution in [0.2, 0.25) is 5.28 Å². The number of hydrogen-bond donors (Lipinski definition) is 0. The molecule has 0 saturated heterocycles. The molecule has 2 heterocycles. The molecule has 0 spiro atoms. The molecule has 0 atom stereocenters. The third-order valence-electron chi connectivity index (χ3n) is 2.75. The standard InChI is InChI=1S/C11H7ClN6O2/c1-6-9(18(19)20)10(14-11(12)13-6)17-8-5-3-2-4-7(8)15-16-17/h2-5H,1H3. The summed E-state index contributed by atoms with van der Waals surface area (Å²) in [5, 5.41) is 19.0. The van der Waals surface area contributed by atoms with Gasteiger partial charge in [0.1, 0.15) is 11.2 Å². The van der Waals surface area contributed by atoms with Gasteiger partial charge in [0, 0.05) is 0 Å². The molecule has 2 aromatic heterocycles. The van der Waals surface area contributed by atoms with E-state index in [-0.39, 0.29) is 22.5 Å². The number of nitro groups is 1. The molecule has 0 aliphatic rings. The lowest BCUT2D eigenvalue weighted by Crippen LogP contribution is -2.08. The molecule has 0 fully saturated rings. The maximum Gasteiger partial charge on any atom is 0.334 e. The van der Waals surface area contributed by atoms with E-state index >= 15 is 0 Å². The Labute approximate surface area is 117 Å². The summed E-state index contributed by atoms with van der Waals surface area (Å²) in [6.07, 6.45) is 0. The molecular formula is C11H7ClN6O2. The van der Waals surface area contributed by atoms with Crippen LogP contribution in [0, 0.1) is 17.0 Å². The van der Waals surface area contributed by atoms with Crippen molar-refractivity contribution in [2.75, 3.05) is 0 Å². The van der Waals surface area contributed by atoms with Gasteiger partial charge >= 0.3 is 5.69 Å². The minimum absolute atomic E-state index is 0.00111. The van der Waals surface area contributed by atoms with Gasteiger partial charge < -0.3 is 0 Å². The van der Waals surface area contributed by atoms with E-state index in [0.717, 1.165) is 0 Å². The molecule has 0 bridgehead atoms. The minimum atomic E-state index is -0.558. The number of fused-ring (bicyclic) bond motifs is 1. The second-order valence-electron chi connectivity index (χ2n) is 4.00. The van der Waals surface area contributed by atoms with E-state index in [2.05, 4.69) is 20.3 Å². The maximum atomic E-state index is 11.2. The van der Waals surface area contributed by atoms with Gasteiger partial charge in [-0.1, -0.05) is 17.3 Å². The zero-order valence-corrected chi connectivity index (χ0v) is 10.9. The van der Waals surface area contributed by atoms with E-state index < -0.39 is 4.92 Å². The fraction of sp³-hybridized carbons (Fsp3) is 0.0909. The van der Waals surface area contributed by atoms with Crippen molar-refractivity contribution < 1.29 is 4.92 Å². The van der Waals surface area contributed by atoms with Crippen LogP contribution in [0.3, 0.4) is 0 Å². The number of hydrogen-bond acceptors (Lipinski definition) is 6. The van der Waals surface area contributed by atoms with Crippen LogP contribution in [-0.4, -0.2) is 29.9 Å². The first-order valence-corrected chi connectivity index (χ1v) is 5.95. The lowest BCUT2D eigenvalue weighted by molar-refractivity contribution is -0.385. The molecule has 3 aromatic rings. The number of nitrogens with zero attached hydrogens (tertiary/aromatic N) is 6. The first-order chi connectivity index (χ1) is 9.58. The Bertz CT molecular complexity index is 831. The second kappa shape index (κ2) is 4.49. The summed E-state index contributed by atoms with van der Waals surface area (Å²) < 4.78 is 1.29. The number of halogens is 1. The Morgan fingerprint density at radius 3 is 2.80 bits per heavy atom. The Morgan fingerprint density at radius 2 is 2.05 bits per heavy atom. The van der Waals surface area contributed by atoms with E-state index in [1.807, 2.05) is 0 Å². The van der Waals surface area contributed by atoms with Gasteiger partial charge in [-0.05, 0) is 30.7 Å². The van der Waals surface area contributed by atoms with Crippen molar-refractivity contribution in [3.8, 4) is 5.82 Å². The molecule has 0 amide bonds. The van der Waals surface area contributed by atoms with Gasteiger partial charge in [0.25, 0.3) is 0 Å². The third-order valence-corrected chi connectivity index (χ3v) is 2.92. The predicted molar refractivity (Wildman–Crippen MR) is 70.9 cm³/mol. The molecule has 100 valence electrons. The molecule has 0 aliphatic carbocycles. The zero-order valence-electron chi connectivity index (χ0n) is 10.2. The van der Waals surface area contributed by atoms with Gasteiger partial charge in [-0.3, -0.25) is 10.1 Å². The van der Waals surface area contributed by atoms with E-state index in [1.165, 1.54) is 11.6 Å². The fourth-order valence-electron chi connectivity index (χ4n) is 1.91. The summed E-state index contributed by atoms with van der Waals surface area (Å²) >= 11 is 5.79. The van der Waals surface area contributed by atoms with Crippen LogP contribution in [0.5, 0.6) is 0 Å². The molecule has 0 radical (unpaired) electrons. The summed E-state index contributed by atoms with van der Waals surface area (Å²) in [5.74, 6) is 0.00111. The molecule has 1 aromatic carbocycles. The highest BCUT2D eigenvalue weighted by Gasteiger charge is 2.25. The van der Waals surface area contributed by atoms with Crippen LogP contribution in [0.15, 0.2) is 24.3 Å². The van der Waals surface area contributed by atoms with Gasteiger partial charge in [0.05, 0.1) is 10.4 Å². The molecule has 3 rings (SSSR count). The predicted octanol–water partition coefficient (Wildman–Crippen LogP) is 2.08. The molecule has 0 unspecified atom stereocenters.